The molecule has 6 heteroatoms. The largest absolute Gasteiger partial charge is 0.466 e. The van der Waals surface area contributed by atoms with E-state index in [0.29, 0.717) is 11.3 Å². The normalized spacial score (nSPS) is 15.0. The summed E-state index contributed by atoms with van der Waals surface area (Å²) in [6.45, 7) is 11.0. The van der Waals surface area contributed by atoms with Crippen LogP contribution < -0.4 is 10.6 Å². The predicted octanol–water partition coefficient (Wildman–Crippen LogP) is 3.37. The smallest absolute Gasteiger partial charge is 0.315 e. The first-order valence-corrected chi connectivity index (χ1v) is 8.01. The summed E-state index contributed by atoms with van der Waals surface area (Å²) >= 11 is 0. The van der Waals surface area contributed by atoms with Gasteiger partial charge in [-0.25, -0.2) is 4.79 Å². The Balaban J connectivity index is 1.95. The Morgan fingerprint density at radius 2 is 1.75 bits per heavy atom. The molecule has 0 saturated carbocycles. The fourth-order valence-corrected chi connectivity index (χ4v) is 2.92. The van der Waals surface area contributed by atoms with Gasteiger partial charge < -0.3 is 24.6 Å². The highest BCUT2D eigenvalue weighted by atomic mass is 16.3. The molecule has 6 nitrogen and oxygen atoms in total. The van der Waals surface area contributed by atoms with Crippen LogP contribution in [-0.4, -0.2) is 17.7 Å². The highest BCUT2D eigenvalue weighted by molar-refractivity contribution is 5.74. The fraction of sp³-hybridized carbons (Fsp3) is 0.500. The van der Waals surface area contributed by atoms with Gasteiger partial charge in [-0.2, -0.15) is 0 Å². The number of nitrogens with one attached hydrogen (secondary N) is 2. The quantitative estimate of drug-likeness (QED) is 0.782. The van der Waals surface area contributed by atoms with Gasteiger partial charge in [-0.05, 0) is 53.7 Å². The van der Waals surface area contributed by atoms with Crippen LogP contribution in [0, 0.1) is 27.7 Å². The number of aryl methyl sites for hydroxylation is 4. The molecule has 0 saturated heterocycles. The van der Waals surface area contributed by atoms with Gasteiger partial charge in [0.05, 0.1) is 12.6 Å². The number of aliphatic hydroxyl groups is 1. The van der Waals surface area contributed by atoms with Crippen molar-refractivity contribution in [3.05, 3.63) is 46.3 Å². The molecule has 0 spiro atoms. The summed E-state index contributed by atoms with van der Waals surface area (Å²) in [5.74, 6) is 2.98. The SMILES string of the molecule is Cc1cc(C(C)NC(=O)NCC(C)(O)c2cc(C)oc2C)c(C)o1. The number of amides is 2. The molecule has 3 N–H and O–H groups in total. The van der Waals surface area contributed by atoms with Crippen LogP contribution in [0.3, 0.4) is 0 Å². The minimum atomic E-state index is -1.20. The summed E-state index contributed by atoms with van der Waals surface area (Å²) in [7, 11) is 0. The minimum Gasteiger partial charge on any atom is -0.466 e. The van der Waals surface area contributed by atoms with Gasteiger partial charge in [-0.1, -0.05) is 0 Å². The van der Waals surface area contributed by atoms with E-state index < -0.39 is 5.60 Å². The molecule has 2 unspecified atom stereocenters. The van der Waals surface area contributed by atoms with Gasteiger partial charge in [0.2, 0.25) is 0 Å². The van der Waals surface area contributed by atoms with Gasteiger partial charge in [0, 0.05) is 11.1 Å². The number of hydrogen-bond donors (Lipinski definition) is 3. The molecule has 0 aliphatic carbocycles. The average Bonchev–Trinajstić information content (AvgIpc) is 2.98. The first-order valence-electron chi connectivity index (χ1n) is 8.01. The van der Waals surface area contributed by atoms with Gasteiger partial charge in [-0.3, -0.25) is 0 Å². The number of urea groups is 1. The van der Waals surface area contributed by atoms with E-state index in [4.69, 9.17) is 8.83 Å². The Morgan fingerprint density at radius 1 is 1.17 bits per heavy atom. The molecule has 0 fully saturated rings. The number of rotatable bonds is 5. The van der Waals surface area contributed by atoms with Gasteiger partial charge in [0.1, 0.15) is 28.6 Å². The molecule has 24 heavy (non-hydrogen) atoms. The van der Waals surface area contributed by atoms with Crippen LogP contribution in [0.2, 0.25) is 0 Å². The molecule has 0 aliphatic heterocycles. The molecule has 2 atom stereocenters. The molecular weight excluding hydrogens is 308 g/mol. The summed E-state index contributed by atoms with van der Waals surface area (Å²) < 4.78 is 10.9. The van der Waals surface area contributed by atoms with E-state index in [2.05, 4.69) is 10.6 Å². The van der Waals surface area contributed by atoms with Crippen molar-refractivity contribution in [1.82, 2.24) is 10.6 Å². The molecule has 2 rings (SSSR count). The number of furan rings is 2. The molecule has 2 heterocycles. The van der Waals surface area contributed by atoms with Crippen LogP contribution >= 0.6 is 0 Å². The van der Waals surface area contributed by atoms with E-state index in [0.717, 1.165) is 22.8 Å². The van der Waals surface area contributed by atoms with E-state index in [1.54, 1.807) is 19.9 Å². The van der Waals surface area contributed by atoms with Crippen molar-refractivity contribution < 1.29 is 18.7 Å². The van der Waals surface area contributed by atoms with Gasteiger partial charge >= 0.3 is 6.03 Å². The summed E-state index contributed by atoms with van der Waals surface area (Å²) in [5, 5.41) is 16.2. The third-order valence-electron chi connectivity index (χ3n) is 4.11. The maximum atomic E-state index is 12.1. The Morgan fingerprint density at radius 3 is 2.25 bits per heavy atom. The zero-order valence-corrected chi connectivity index (χ0v) is 15.1. The van der Waals surface area contributed by atoms with E-state index in [9.17, 15) is 9.90 Å². The topological polar surface area (TPSA) is 87.6 Å². The Labute approximate surface area is 142 Å². The van der Waals surface area contributed by atoms with Crippen LogP contribution in [0.15, 0.2) is 21.0 Å². The van der Waals surface area contributed by atoms with Crippen molar-refractivity contribution in [3.63, 3.8) is 0 Å². The number of carbonyl (C=O) groups is 1. The molecule has 2 amide bonds. The van der Waals surface area contributed by atoms with Crippen molar-refractivity contribution in [2.45, 2.75) is 53.2 Å². The Kier molecular flexibility index (Phi) is 5.08. The van der Waals surface area contributed by atoms with Crippen LogP contribution in [0.1, 0.15) is 54.1 Å². The van der Waals surface area contributed by atoms with E-state index >= 15 is 0 Å². The van der Waals surface area contributed by atoms with Crippen molar-refractivity contribution in [2.24, 2.45) is 0 Å². The van der Waals surface area contributed by atoms with Crippen molar-refractivity contribution >= 4 is 6.03 Å². The van der Waals surface area contributed by atoms with Crippen LogP contribution in [0.5, 0.6) is 0 Å². The van der Waals surface area contributed by atoms with Gasteiger partial charge in [-0.15, -0.1) is 0 Å². The lowest BCUT2D eigenvalue weighted by molar-refractivity contribution is 0.0578. The molecule has 2 aromatic rings. The van der Waals surface area contributed by atoms with Crippen LogP contribution in [0.25, 0.3) is 0 Å². The van der Waals surface area contributed by atoms with E-state index in [-0.39, 0.29) is 18.6 Å². The monoisotopic (exact) mass is 334 g/mol. The Bertz CT molecular complexity index is 727. The van der Waals surface area contributed by atoms with Gasteiger partial charge in [0.15, 0.2) is 0 Å². The summed E-state index contributed by atoms with van der Waals surface area (Å²) in [6.07, 6.45) is 0. The zero-order chi connectivity index (χ0) is 18.1. The lowest BCUT2D eigenvalue weighted by atomic mass is 9.96. The second-order valence-electron chi connectivity index (χ2n) is 6.52. The molecule has 0 aromatic carbocycles. The highest BCUT2D eigenvalue weighted by Crippen LogP contribution is 2.26. The van der Waals surface area contributed by atoms with Crippen molar-refractivity contribution in [3.8, 4) is 0 Å². The van der Waals surface area contributed by atoms with Crippen LogP contribution in [-0.2, 0) is 5.60 Å². The van der Waals surface area contributed by atoms with Crippen molar-refractivity contribution in [1.29, 1.82) is 0 Å². The molecule has 2 aromatic heterocycles. The standard InChI is InChI=1S/C18H26N2O4/c1-10-7-15(13(4)23-10)12(3)20-17(21)19-9-18(6,22)16-8-11(2)24-14(16)5/h7-8,12,22H,9H2,1-6H3,(H2,19,20,21). The maximum absolute atomic E-state index is 12.1. The summed E-state index contributed by atoms with van der Waals surface area (Å²) in [5.41, 5.74) is 0.412. The lowest BCUT2D eigenvalue weighted by Crippen LogP contribution is -2.44. The molecular formula is C18H26N2O4. The lowest BCUT2D eigenvalue weighted by Gasteiger charge is -2.24. The zero-order valence-electron chi connectivity index (χ0n) is 15.1. The summed E-state index contributed by atoms with van der Waals surface area (Å²) in [4.78, 5) is 12.1. The second-order valence-corrected chi connectivity index (χ2v) is 6.52. The highest BCUT2D eigenvalue weighted by Gasteiger charge is 2.28. The molecule has 0 aliphatic rings. The second kappa shape index (κ2) is 6.73. The number of hydrogen-bond acceptors (Lipinski definition) is 4. The van der Waals surface area contributed by atoms with Crippen molar-refractivity contribution in [2.75, 3.05) is 6.54 Å². The molecule has 0 bridgehead atoms. The third kappa shape index (κ3) is 4.00. The number of carbonyl (C=O) groups excluding carboxylic acids is 1. The first-order chi connectivity index (χ1) is 11.1. The fourth-order valence-electron chi connectivity index (χ4n) is 2.92. The predicted molar refractivity (Wildman–Crippen MR) is 90.9 cm³/mol. The maximum Gasteiger partial charge on any atom is 0.315 e. The third-order valence-corrected chi connectivity index (χ3v) is 4.11. The van der Waals surface area contributed by atoms with E-state index in [1.807, 2.05) is 33.8 Å². The first kappa shape index (κ1) is 18.1. The average molecular weight is 334 g/mol. The summed E-state index contributed by atoms with van der Waals surface area (Å²) in [6, 6.07) is 3.16. The van der Waals surface area contributed by atoms with Crippen LogP contribution in [0.4, 0.5) is 4.79 Å². The van der Waals surface area contributed by atoms with E-state index in [1.165, 1.54) is 0 Å². The Hall–Kier alpha value is -2.21. The minimum absolute atomic E-state index is 0.0781. The van der Waals surface area contributed by atoms with Gasteiger partial charge in [0.25, 0.3) is 0 Å². The molecule has 132 valence electrons. The molecule has 0 radical (unpaired) electrons.